The van der Waals surface area contributed by atoms with Gasteiger partial charge >= 0.3 is 0 Å². The Balaban J connectivity index is 2.53. The summed E-state index contributed by atoms with van der Waals surface area (Å²) in [5, 5.41) is 3.20. The molecule has 1 atom stereocenters. The van der Waals surface area contributed by atoms with E-state index in [9.17, 15) is 8.78 Å². The predicted octanol–water partition coefficient (Wildman–Crippen LogP) is 5.84. The fourth-order valence-corrected chi connectivity index (χ4v) is 3.90. The minimum absolute atomic E-state index is 0.0499. The van der Waals surface area contributed by atoms with Crippen molar-refractivity contribution in [3.63, 3.8) is 0 Å². The lowest BCUT2D eigenvalue weighted by molar-refractivity contribution is 0.502. The van der Waals surface area contributed by atoms with E-state index in [2.05, 4.69) is 21.2 Å². The number of hydrogen-bond acceptors (Lipinski definition) is 2. The second kappa shape index (κ2) is 7.18. The Morgan fingerprint density at radius 1 is 1.38 bits per heavy atom. The normalized spacial score (nSPS) is 12.7. The maximum absolute atomic E-state index is 14.4. The fourth-order valence-electron chi connectivity index (χ4n) is 2.08. The quantitative estimate of drug-likeness (QED) is 0.672. The molecule has 1 N–H and O–H groups in total. The minimum Gasteiger partial charge on any atom is -0.305 e. The first-order valence-electron chi connectivity index (χ1n) is 6.58. The zero-order chi connectivity index (χ0) is 15.6. The Morgan fingerprint density at radius 3 is 2.67 bits per heavy atom. The number of aryl methyl sites for hydroxylation is 1. The van der Waals surface area contributed by atoms with Gasteiger partial charge in [-0.1, -0.05) is 24.6 Å². The van der Waals surface area contributed by atoms with Crippen molar-refractivity contribution < 1.29 is 8.78 Å². The van der Waals surface area contributed by atoms with Crippen molar-refractivity contribution in [3.05, 3.63) is 54.6 Å². The van der Waals surface area contributed by atoms with Crippen LogP contribution in [0.5, 0.6) is 0 Å². The molecule has 21 heavy (non-hydrogen) atoms. The lowest BCUT2D eigenvalue weighted by Gasteiger charge is -2.20. The molecule has 0 amide bonds. The fraction of sp³-hybridized carbons (Fsp3) is 0.333. The lowest BCUT2D eigenvalue weighted by Crippen LogP contribution is -2.24. The Labute approximate surface area is 140 Å². The highest BCUT2D eigenvalue weighted by Gasteiger charge is 2.25. The predicted molar refractivity (Wildman–Crippen MR) is 88.3 cm³/mol. The molecule has 0 bridgehead atoms. The molecule has 0 radical (unpaired) electrons. The van der Waals surface area contributed by atoms with E-state index >= 15 is 0 Å². The zero-order valence-electron chi connectivity index (χ0n) is 11.6. The summed E-state index contributed by atoms with van der Waals surface area (Å²) in [6.45, 7) is 4.29. The van der Waals surface area contributed by atoms with E-state index < -0.39 is 17.7 Å². The minimum atomic E-state index is -0.549. The molecule has 1 unspecified atom stereocenters. The first-order valence-corrected chi connectivity index (χ1v) is 8.57. The van der Waals surface area contributed by atoms with Crippen LogP contribution in [0.1, 0.15) is 35.4 Å². The number of thiophene rings is 1. The Kier molecular flexibility index (Phi) is 5.77. The van der Waals surface area contributed by atoms with Gasteiger partial charge < -0.3 is 5.32 Å². The van der Waals surface area contributed by atoms with E-state index in [1.165, 1.54) is 23.5 Å². The van der Waals surface area contributed by atoms with Gasteiger partial charge in [0.15, 0.2) is 0 Å². The van der Waals surface area contributed by atoms with Crippen molar-refractivity contribution >= 4 is 38.9 Å². The zero-order valence-corrected chi connectivity index (χ0v) is 14.8. The van der Waals surface area contributed by atoms with E-state index in [0.717, 1.165) is 15.8 Å². The molecule has 0 spiro atoms. The summed E-state index contributed by atoms with van der Waals surface area (Å²) in [6, 6.07) is 4.02. The molecule has 1 heterocycles. The lowest BCUT2D eigenvalue weighted by atomic mass is 10.0. The van der Waals surface area contributed by atoms with Crippen LogP contribution in [-0.2, 0) is 0 Å². The Bertz CT molecular complexity index is 625. The summed E-state index contributed by atoms with van der Waals surface area (Å²) < 4.78 is 29.9. The van der Waals surface area contributed by atoms with Crippen LogP contribution in [0, 0.1) is 18.6 Å². The van der Waals surface area contributed by atoms with Crippen LogP contribution in [0.3, 0.4) is 0 Å². The molecule has 114 valence electrons. The van der Waals surface area contributed by atoms with E-state index in [1.807, 2.05) is 13.0 Å². The second-order valence-corrected chi connectivity index (χ2v) is 7.29. The van der Waals surface area contributed by atoms with Crippen molar-refractivity contribution in [1.29, 1.82) is 0 Å². The molecule has 0 fully saturated rings. The van der Waals surface area contributed by atoms with Crippen molar-refractivity contribution in [3.8, 4) is 0 Å². The number of rotatable bonds is 5. The van der Waals surface area contributed by atoms with Crippen LogP contribution >= 0.6 is 38.9 Å². The number of halogens is 4. The molecular formula is C15H15BrClF2NS. The van der Waals surface area contributed by atoms with Gasteiger partial charge in [0.05, 0.1) is 6.04 Å². The van der Waals surface area contributed by atoms with Gasteiger partial charge in [-0.05, 0) is 53.5 Å². The van der Waals surface area contributed by atoms with Gasteiger partial charge in [0.25, 0.3) is 0 Å². The maximum atomic E-state index is 14.4. The van der Waals surface area contributed by atoms with Crippen molar-refractivity contribution in [1.82, 2.24) is 5.32 Å². The third-order valence-corrected chi connectivity index (χ3v) is 5.70. The highest BCUT2D eigenvalue weighted by Crippen LogP contribution is 2.39. The SMILES string of the molecule is CCCNC(c1cc(Br)c(Cl)s1)c1c(F)ccc(C)c1F. The van der Waals surface area contributed by atoms with E-state index in [1.54, 1.807) is 6.92 Å². The van der Waals surface area contributed by atoms with Gasteiger partial charge in [0.1, 0.15) is 16.0 Å². The molecule has 0 saturated carbocycles. The van der Waals surface area contributed by atoms with Crippen LogP contribution in [0.2, 0.25) is 4.34 Å². The molecule has 1 aromatic carbocycles. The number of hydrogen-bond donors (Lipinski definition) is 1. The van der Waals surface area contributed by atoms with Gasteiger partial charge in [-0.2, -0.15) is 0 Å². The number of nitrogens with one attached hydrogen (secondary N) is 1. The summed E-state index contributed by atoms with van der Waals surface area (Å²) >= 11 is 10.7. The third kappa shape index (κ3) is 3.65. The van der Waals surface area contributed by atoms with Crippen molar-refractivity contribution in [2.45, 2.75) is 26.3 Å². The van der Waals surface area contributed by atoms with Gasteiger partial charge in [-0.3, -0.25) is 0 Å². The van der Waals surface area contributed by atoms with Crippen molar-refractivity contribution in [2.24, 2.45) is 0 Å². The first-order chi connectivity index (χ1) is 9.95. The number of benzene rings is 1. The van der Waals surface area contributed by atoms with Crippen molar-refractivity contribution in [2.75, 3.05) is 6.54 Å². The first kappa shape index (κ1) is 16.9. The van der Waals surface area contributed by atoms with E-state index in [0.29, 0.717) is 16.4 Å². The summed E-state index contributed by atoms with van der Waals surface area (Å²) in [5.74, 6) is -1.06. The highest BCUT2D eigenvalue weighted by molar-refractivity contribution is 9.10. The molecule has 2 rings (SSSR count). The molecule has 1 nitrogen and oxygen atoms in total. The Morgan fingerprint density at radius 2 is 2.10 bits per heavy atom. The van der Waals surface area contributed by atoms with Crippen LogP contribution in [0.15, 0.2) is 22.7 Å². The standard InChI is InChI=1S/C15H15BrClF2NS/c1-3-6-20-14(11-7-9(16)15(17)21-11)12-10(18)5-4-8(2)13(12)19/h4-5,7,14,20H,3,6H2,1-2H3. The van der Waals surface area contributed by atoms with Crippen LogP contribution in [0.4, 0.5) is 8.78 Å². The van der Waals surface area contributed by atoms with E-state index in [4.69, 9.17) is 11.6 Å². The average molecular weight is 395 g/mol. The van der Waals surface area contributed by atoms with Gasteiger partial charge in [0.2, 0.25) is 0 Å². The van der Waals surface area contributed by atoms with Crippen LogP contribution < -0.4 is 5.32 Å². The molecule has 0 aliphatic rings. The summed E-state index contributed by atoms with van der Waals surface area (Å²) in [6.07, 6.45) is 0.867. The molecule has 0 aliphatic carbocycles. The highest BCUT2D eigenvalue weighted by atomic mass is 79.9. The maximum Gasteiger partial charge on any atom is 0.134 e. The smallest absolute Gasteiger partial charge is 0.134 e. The molecule has 1 aromatic heterocycles. The molecule has 6 heteroatoms. The third-order valence-electron chi connectivity index (χ3n) is 3.16. The second-order valence-electron chi connectivity index (χ2n) is 4.75. The topological polar surface area (TPSA) is 12.0 Å². The van der Waals surface area contributed by atoms with Gasteiger partial charge in [-0.15, -0.1) is 11.3 Å². The molecule has 0 aliphatic heterocycles. The monoisotopic (exact) mass is 393 g/mol. The van der Waals surface area contributed by atoms with Gasteiger partial charge in [0, 0.05) is 14.9 Å². The molecular weight excluding hydrogens is 380 g/mol. The largest absolute Gasteiger partial charge is 0.305 e. The summed E-state index contributed by atoms with van der Waals surface area (Å²) in [4.78, 5) is 0.781. The van der Waals surface area contributed by atoms with Crippen LogP contribution in [-0.4, -0.2) is 6.54 Å². The summed E-state index contributed by atoms with van der Waals surface area (Å²) in [7, 11) is 0. The average Bonchev–Trinajstić information content (AvgIpc) is 2.78. The Hall–Kier alpha value is -0.490. The van der Waals surface area contributed by atoms with Gasteiger partial charge in [-0.25, -0.2) is 8.78 Å². The molecule has 2 aromatic rings. The summed E-state index contributed by atoms with van der Waals surface area (Å²) in [5.41, 5.74) is 0.477. The van der Waals surface area contributed by atoms with Crippen LogP contribution in [0.25, 0.3) is 0 Å². The molecule has 0 saturated heterocycles. The van der Waals surface area contributed by atoms with E-state index in [-0.39, 0.29) is 5.56 Å².